The van der Waals surface area contributed by atoms with Gasteiger partial charge in [-0.1, -0.05) is 38.1 Å². The van der Waals surface area contributed by atoms with Gasteiger partial charge in [-0.15, -0.1) is 0 Å². The number of nitrogens with two attached hydrogens (primary N) is 2. The van der Waals surface area contributed by atoms with Gasteiger partial charge in [-0.3, -0.25) is 33.1 Å². The summed E-state index contributed by atoms with van der Waals surface area (Å²) >= 11 is 0. The number of ether oxygens (including phenoxy) is 3. The number of nitrogens with one attached hydrogen (secondary N) is 4. The molecule has 6 atom stereocenters. The summed E-state index contributed by atoms with van der Waals surface area (Å²) in [6, 6.07) is 12.6. The standard InChI is InChI=1S/C53H66F3N9O14S.CH3/c1-31(2)46(62-44(67)13-17-76-19-21-78-22-20-77-18-16-64-50(71)39-27-40(39)51(64)72)42(66)25-34(6-4-14-59-52(57)73)49(70)60-38-10-8-32(9-11-38)28-63-15-12-43(61-41-24-36(47(68)48(41)69)30-79-80(58,74)75)65-29-35(26-45(63)65)33-5-3-7-37(23-33)53(54,55)56;/h3,5,7-12,15,23,26,29,31,34,36,41,46-48,68-69H,4,6,13-14,16-22,24-25,27-28,30H2,1-2H3,(H7,57,58,59,60,62,67,70,73,74,75);1H3/q;-1/p+1/t34-,36-,41-,46+,47-,48+;/m1./s1. The highest BCUT2D eigenvalue weighted by atomic mass is 32.2. The van der Waals surface area contributed by atoms with Gasteiger partial charge < -0.3 is 58.9 Å². The lowest BCUT2D eigenvalue weighted by molar-refractivity contribution is -0.665. The van der Waals surface area contributed by atoms with Gasteiger partial charge in [-0.05, 0) is 60.6 Å². The van der Waals surface area contributed by atoms with Gasteiger partial charge >= 0.3 is 22.5 Å². The Kier molecular flexibility index (Phi) is 22.1. The monoisotopic (exact) mass is 1160 g/mol. The molecule has 0 unspecified atom stereocenters. The highest BCUT2D eigenvalue weighted by Crippen LogP contribution is 2.40. The third-order valence-electron chi connectivity index (χ3n) is 13.9. The van der Waals surface area contributed by atoms with Crippen LogP contribution in [0.15, 0.2) is 84.2 Å². The van der Waals surface area contributed by atoms with Crippen molar-refractivity contribution < 1.29 is 83.5 Å². The largest absolute Gasteiger partial charge is 0.416 e. The van der Waals surface area contributed by atoms with Crippen LogP contribution in [-0.4, -0.2) is 147 Å². The molecule has 3 aliphatic rings. The average Bonchev–Trinajstić information content (AvgIpc) is 4.11. The number of aliphatic hydroxyl groups is 2. The van der Waals surface area contributed by atoms with Crippen molar-refractivity contribution in [3.63, 3.8) is 0 Å². The minimum absolute atomic E-state index is 0. The van der Waals surface area contributed by atoms with E-state index in [1.54, 1.807) is 67.0 Å². The number of aromatic nitrogens is 2. The minimum Gasteiger partial charge on any atom is -0.390 e. The SMILES string of the molecule is CC(C)[C@H](NC(=O)CCOCCOCCOCCN1C(=O)C2=C(C2)C1=O)C(=O)C[C@@H](CCCNC(N)=O)C(=O)Nc1ccc(C[n+]2ccc(N[C@@H]3C[C@H](COS(N)(=O)=O)[C@@H](O)[C@H]3O)n3cc(-c4cccc(C(F)(F)F)c4)cc32)cc1.[CH3-]. The number of primary amides is 1. The predicted octanol–water partition coefficient (Wildman–Crippen LogP) is 2.77. The number of ketones is 1. The number of fused-ring (bicyclic) bond motifs is 1. The van der Waals surface area contributed by atoms with Crippen LogP contribution >= 0.6 is 0 Å². The molecule has 81 heavy (non-hydrogen) atoms. The first-order valence-electron chi connectivity index (χ1n) is 26.1. The second kappa shape index (κ2) is 28.2. The average molecular weight is 1160 g/mol. The normalized spacial score (nSPS) is 18.7. The smallest absolute Gasteiger partial charge is 0.390 e. The Morgan fingerprint density at radius 2 is 1.56 bits per heavy atom. The Hall–Kier alpha value is -6.85. The number of aliphatic hydroxyl groups excluding tert-OH is 2. The van der Waals surface area contributed by atoms with Crippen molar-refractivity contribution in [3.8, 4) is 11.1 Å². The zero-order chi connectivity index (χ0) is 57.9. The number of halogens is 3. The Morgan fingerprint density at radius 1 is 0.889 bits per heavy atom. The van der Waals surface area contributed by atoms with Gasteiger partial charge in [0, 0.05) is 72.2 Å². The fraction of sp³-hybridized carbons (Fsp3) is 0.481. The molecule has 1 fully saturated rings. The molecule has 3 heterocycles. The van der Waals surface area contributed by atoms with E-state index in [1.165, 1.54) is 17.0 Å². The number of Topliss-reactive ketones (excluding diaryl/α,β-unsaturated/α-hetero) is 1. The third kappa shape index (κ3) is 17.6. The van der Waals surface area contributed by atoms with Crippen molar-refractivity contribution in [2.24, 2.45) is 28.6 Å². The van der Waals surface area contributed by atoms with E-state index < -0.39 is 82.6 Å². The first-order chi connectivity index (χ1) is 38.0. The molecule has 7 rings (SSSR count). The number of imide groups is 1. The molecule has 1 aliphatic heterocycles. The number of likely N-dealkylation sites (tertiary alicyclic amines) is 1. The maximum atomic E-state index is 13.9. The molecule has 10 N–H and O–H groups in total. The van der Waals surface area contributed by atoms with Crippen molar-refractivity contribution in [1.82, 2.24) is 19.9 Å². The van der Waals surface area contributed by atoms with Gasteiger partial charge in [0.1, 0.15) is 18.8 Å². The highest BCUT2D eigenvalue weighted by molar-refractivity contribution is 7.84. The second-order valence-electron chi connectivity index (χ2n) is 20.1. The summed E-state index contributed by atoms with van der Waals surface area (Å²) in [6.45, 7) is 4.75. The van der Waals surface area contributed by atoms with Crippen LogP contribution in [0.1, 0.15) is 63.5 Å². The Morgan fingerprint density at radius 3 is 2.20 bits per heavy atom. The van der Waals surface area contributed by atoms with Gasteiger partial charge in [-0.2, -0.15) is 26.0 Å². The summed E-state index contributed by atoms with van der Waals surface area (Å²) in [7, 11) is -4.32. The van der Waals surface area contributed by atoms with Crippen LogP contribution in [0.25, 0.3) is 16.8 Å². The first-order valence-corrected chi connectivity index (χ1v) is 27.5. The van der Waals surface area contributed by atoms with Crippen LogP contribution in [0.5, 0.6) is 0 Å². The Bertz CT molecular complexity index is 3020. The van der Waals surface area contributed by atoms with E-state index in [-0.39, 0.29) is 121 Å². The number of alkyl halides is 3. The van der Waals surface area contributed by atoms with E-state index in [0.717, 1.165) is 17.7 Å². The molecule has 4 aromatic rings. The molecule has 6 amide bonds. The molecule has 0 bridgehead atoms. The van der Waals surface area contributed by atoms with Crippen LogP contribution < -0.4 is 36.7 Å². The molecule has 1 saturated carbocycles. The van der Waals surface area contributed by atoms with Gasteiger partial charge in [0.2, 0.25) is 17.6 Å². The number of hydrogen-bond acceptors (Lipinski definition) is 15. The number of carbonyl (C=O) groups is 6. The zero-order valence-electron chi connectivity index (χ0n) is 45.1. The summed E-state index contributed by atoms with van der Waals surface area (Å²) in [5.74, 6) is -3.41. The number of benzene rings is 2. The van der Waals surface area contributed by atoms with Crippen LogP contribution in [0, 0.1) is 25.2 Å². The number of amides is 6. The van der Waals surface area contributed by atoms with E-state index >= 15 is 0 Å². The molecule has 2 aromatic carbocycles. The van der Waals surface area contributed by atoms with Crippen molar-refractivity contribution in [2.45, 2.75) is 89.4 Å². The highest BCUT2D eigenvalue weighted by Gasteiger charge is 2.47. The number of anilines is 2. The van der Waals surface area contributed by atoms with Crippen molar-refractivity contribution in [3.05, 3.63) is 103 Å². The fourth-order valence-electron chi connectivity index (χ4n) is 9.55. The summed E-state index contributed by atoms with van der Waals surface area (Å²) in [5.41, 5.74) is 7.92. The minimum atomic E-state index is -4.60. The molecule has 0 saturated heterocycles. The number of piperidine rings is 1. The van der Waals surface area contributed by atoms with Crippen molar-refractivity contribution in [2.75, 3.05) is 70.0 Å². The van der Waals surface area contributed by atoms with E-state index in [4.69, 9.17) is 25.1 Å². The maximum absolute atomic E-state index is 13.9. The zero-order valence-corrected chi connectivity index (χ0v) is 45.9. The Labute approximate surface area is 466 Å². The topological polar surface area (TPSA) is 326 Å². The number of hydrogen-bond donors (Lipinski definition) is 8. The summed E-state index contributed by atoms with van der Waals surface area (Å²) < 4.78 is 88.9. The lowest BCUT2D eigenvalue weighted by atomic mass is 9.89. The summed E-state index contributed by atoms with van der Waals surface area (Å²) in [4.78, 5) is 77.3. The molecule has 2 aromatic heterocycles. The number of rotatable bonds is 31. The number of nitrogens with zero attached hydrogens (tertiary/aromatic N) is 3. The van der Waals surface area contributed by atoms with E-state index in [9.17, 15) is 60.6 Å². The molecule has 0 radical (unpaired) electrons. The van der Waals surface area contributed by atoms with Crippen LogP contribution in [-0.2, 0) is 65.4 Å². The van der Waals surface area contributed by atoms with Crippen LogP contribution in [0.4, 0.5) is 29.5 Å². The van der Waals surface area contributed by atoms with Crippen molar-refractivity contribution in [1.29, 1.82) is 0 Å². The maximum Gasteiger partial charge on any atom is 0.416 e. The molecule has 0 spiro atoms. The van der Waals surface area contributed by atoms with Gasteiger partial charge in [0.25, 0.3) is 17.5 Å². The van der Waals surface area contributed by atoms with Crippen molar-refractivity contribution >= 4 is 62.9 Å². The Balaban J connectivity index is 0.0000106. The summed E-state index contributed by atoms with van der Waals surface area (Å²) in [6.07, 6.45) is -3.23. The molecule has 442 valence electrons. The molecule has 23 nitrogen and oxygen atoms in total. The van der Waals surface area contributed by atoms with E-state index in [1.807, 2.05) is 4.57 Å². The lowest BCUT2D eigenvalue weighted by Crippen LogP contribution is -2.45. The number of urea groups is 1. The van der Waals surface area contributed by atoms with Crippen LogP contribution in [0.2, 0.25) is 0 Å². The molecular weight excluding hydrogens is 1090 g/mol. The lowest BCUT2D eigenvalue weighted by Gasteiger charge is -2.24. The van der Waals surface area contributed by atoms with E-state index in [0.29, 0.717) is 46.7 Å². The molecule has 27 heteroatoms. The summed E-state index contributed by atoms with van der Waals surface area (Å²) in [5, 5.41) is 38.0. The van der Waals surface area contributed by atoms with Gasteiger partial charge in [-0.25, -0.2) is 14.5 Å². The van der Waals surface area contributed by atoms with E-state index in [2.05, 4.69) is 25.5 Å². The quantitative estimate of drug-likeness (QED) is 0.0156. The van der Waals surface area contributed by atoms with Gasteiger partial charge in [0.05, 0.1) is 82.7 Å². The number of carbonyl (C=O) groups excluding carboxylic acids is 6. The third-order valence-corrected chi connectivity index (χ3v) is 14.4. The predicted molar refractivity (Wildman–Crippen MR) is 287 cm³/mol. The first kappa shape index (κ1) is 63.3. The second-order valence-corrected chi connectivity index (χ2v) is 21.3. The van der Waals surface area contributed by atoms with Gasteiger partial charge in [0.15, 0.2) is 5.78 Å². The van der Waals surface area contributed by atoms with Crippen LogP contribution in [0.3, 0.4) is 0 Å². The molecular formula is C54H70F3N9O14S. The fourth-order valence-corrected chi connectivity index (χ4v) is 9.92. The molecule has 2 aliphatic carbocycles.